The van der Waals surface area contributed by atoms with E-state index in [9.17, 15) is 14.8 Å². The second-order valence-electron chi connectivity index (χ2n) is 9.31. The molecule has 1 aliphatic carbocycles. The van der Waals surface area contributed by atoms with E-state index in [0.717, 1.165) is 38.5 Å². The van der Waals surface area contributed by atoms with Crippen molar-refractivity contribution in [2.24, 2.45) is 11.8 Å². The van der Waals surface area contributed by atoms with Gasteiger partial charge in [0.05, 0.1) is 19.0 Å². The summed E-state index contributed by atoms with van der Waals surface area (Å²) in [5, 5.41) is 12.8. The van der Waals surface area contributed by atoms with Crippen LogP contribution in [-0.2, 0) is 16.1 Å². The maximum Gasteiger partial charge on any atom is 0.233 e. The minimum absolute atomic E-state index is 0.0150. The van der Waals surface area contributed by atoms with Crippen LogP contribution in [0, 0.1) is 17.7 Å². The highest BCUT2D eigenvalue weighted by atomic mass is 35.5. The van der Waals surface area contributed by atoms with Gasteiger partial charge in [0.15, 0.2) is 11.6 Å². The Morgan fingerprint density at radius 3 is 2.70 bits per heavy atom. The molecule has 3 rings (SSSR count). The lowest BCUT2D eigenvalue weighted by Gasteiger charge is -2.37. The number of aromatic nitrogens is 2. The van der Waals surface area contributed by atoms with Crippen molar-refractivity contribution in [3.63, 3.8) is 0 Å². The summed E-state index contributed by atoms with van der Waals surface area (Å²) < 4.78 is 15.3. The lowest BCUT2D eigenvalue weighted by Crippen LogP contribution is -2.46. The van der Waals surface area contributed by atoms with E-state index in [1.807, 2.05) is 19.0 Å². The van der Waals surface area contributed by atoms with Crippen molar-refractivity contribution in [1.29, 1.82) is 0 Å². The summed E-state index contributed by atoms with van der Waals surface area (Å²) in [6, 6.07) is 0.283. The van der Waals surface area contributed by atoms with Gasteiger partial charge in [0.25, 0.3) is 0 Å². The molecule has 2 atom stereocenters. The zero-order chi connectivity index (χ0) is 24.0. The summed E-state index contributed by atoms with van der Waals surface area (Å²) in [6.45, 7) is 1.04. The molecule has 1 aromatic rings. The van der Waals surface area contributed by atoms with Crippen LogP contribution in [0.5, 0.6) is 0 Å². The Morgan fingerprint density at radius 1 is 1.30 bits per heavy atom. The third-order valence-corrected chi connectivity index (χ3v) is 6.89. The zero-order valence-electron chi connectivity index (χ0n) is 19.3. The van der Waals surface area contributed by atoms with Gasteiger partial charge >= 0.3 is 0 Å². The first kappa shape index (κ1) is 25.6. The maximum atomic E-state index is 15.3. The molecule has 0 spiro atoms. The van der Waals surface area contributed by atoms with Gasteiger partial charge in [-0.2, -0.15) is 4.98 Å². The zero-order valence-corrected chi connectivity index (χ0v) is 20.1. The average Bonchev–Trinajstić information content (AvgIpc) is 3.31. The normalized spacial score (nSPS) is 20.2. The van der Waals surface area contributed by atoms with Gasteiger partial charge in [0.1, 0.15) is 5.69 Å². The Hall–Kier alpha value is -2.04. The molecule has 1 saturated carbocycles. The number of carbonyl (C=O) groups is 2. The number of nitrogens with zero attached hydrogens (tertiary/aromatic N) is 5. The number of rotatable bonds is 10. The molecule has 1 saturated heterocycles. The molecule has 33 heavy (non-hydrogen) atoms. The largest absolute Gasteiger partial charge is 0.352 e. The van der Waals surface area contributed by atoms with Crippen LogP contribution in [0.3, 0.4) is 0 Å². The Kier molecular flexibility index (Phi) is 9.22. The smallest absolute Gasteiger partial charge is 0.233 e. The van der Waals surface area contributed by atoms with E-state index in [2.05, 4.69) is 20.2 Å². The number of hydrogen-bond donors (Lipinski definition) is 2. The van der Waals surface area contributed by atoms with Gasteiger partial charge in [-0.25, -0.2) is 14.4 Å². The molecule has 1 aromatic heterocycles. The third-order valence-electron chi connectivity index (χ3n) is 6.72. The highest BCUT2D eigenvalue weighted by molar-refractivity contribution is 6.28. The lowest BCUT2D eigenvalue weighted by molar-refractivity contribution is -0.155. The van der Waals surface area contributed by atoms with E-state index in [0.29, 0.717) is 30.5 Å². The average molecular weight is 485 g/mol. The van der Waals surface area contributed by atoms with Crippen LogP contribution in [-0.4, -0.2) is 77.2 Å². The molecule has 2 fully saturated rings. The molecule has 9 nitrogen and oxygen atoms in total. The maximum absolute atomic E-state index is 15.3. The first-order valence-corrected chi connectivity index (χ1v) is 12.0. The summed E-state index contributed by atoms with van der Waals surface area (Å²) in [5.41, 5.74) is 0.0150. The van der Waals surface area contributed by atoms with Gasteiger partial charge in [-0.15, -0.1) is 0 Å². The van der Waals surface area contributed by atoms with Crippen LogP contribution in [0.2, 0.25) is 5.28 Å². The van der Waals surface area contributed by atoms with Crippen molar-refractivity contribution < 1.29 is 19.2 Å². The predicted molar refractivity (Wildman–Crippen MR) is 122 cm³/mol. The molecule has 2 amide bonds. The van der Waals surface area contributed by atoms with Crippen molar-refractivity contribution >= 4 is 29.7 Å². The third kappa shape index (κ3) is 6.97. The molecule has 0 radical (unpaired) electrons. The molecular weight excluding hydrogens is 451 g/mol. The lowest BCUT2D eigenvalue weighted by atomic mass is 9.92. The molecule has 2 heterocycles. The number of hydrogen-bond acceptors (Lipinski definition) is 7. The minimum Gasteiger partial charge on any atom is -0.352 e. The SMILES string of the molecule is CN(C)[C@@H]1CCCN(c2nc(Cl)nc(CNC(=O)[C@H](CC3CCCC3)CN(O)C=O)c2F)C1. The quantitative estimate of drug-likeness (QED) is 0.227. The molecule has 0 bridgehead atoms. The summed E-state index contributed by atoms with van der Waals surface area (Å²) in [4.78, 5) is 35.9. The first-order valence-electron chi connectivity index (χ1n) is 11.6. The Morgan fingerprint density at radius 2 is 2.03 bits per heavy atom. The minimum atomic E-state index is -0.594. The van der Waals surface area contributed by atoms with Gasteiger partial charge in [0.2, 0.25) is 17.6 Å². The molecule has 2 aliphatic rings. The number of halogens is 2. The number of likely N-dealkylation sites (N-methyl/N-ethyl adjacent to an activating group) is 1. The molecular formula is C22H34ClFN6O3. The van der Waals surface area contributed by atoms with E-state index >= 15 is 4.39 Å². The van der Waals surface area contributed by atoms with Gasteiger partial charge in [0, 0.05) is 19.1 Å². The Balaban J connectivity index is 1.69. The van der Waals surface area contributed by atoms with Gasteiger partial charge in [-0.1, -0.05) is 25.7 Å². The number of carbonyl (C=O) groups excluding carboxylic acids is 2. The standard InChI is InChI=1S/C22H34ClFN6O3/c1-28(2)17-8-5-9-29(13-17)20-19(24)18(26-22(23)27-20)11-25-21(32)16(12-30(33)14-31)10-15-6-3-4-7-15/h14-17,33H,3-13H2,1-2H3,(H,25,32)/t16-,17-/m1/s1. The fourth-order valence-corrected chi connectivity index (χ4v) is 5.03. The van der Waals surface area contributed by atoms with Crippen molar-refractivity contribution in [2.75, 3.05) is 38.6 Å². The molecule has 0 unspecified atom stereocenters. The van der Waals surface area contributed by atoms with E-state index < -0.39 is 11.7 Å². The van der Waals surface area contributed by atoms with Crippen molar-refractivity contribution in [1.82, 2.24) is 25.2 Å². The molecule has 11 heteroatoms. The van der Waals surface area contributed by atoms with Gasteiger partial charge in [-0.3, -0.25) is 14.8 Å². The van der Waals surface area contributed by atoms with E-state index in [4.69, 9.17) is 11.6 Å². The second kappa shape index (κ2) is 11.9. The van der Waals surface area contributed by atoms with E-state index in [-0.39, 0.29) is 48.2 Å². The molecule has 0 aromatic carbocycles. The van der Waals surface area contributed by atoms with Crippen LogP contribution in [0.25, 0.3) is 0 Å². The highest BCUT2D eigenvalue weighted by Gasteiger charge is 2.29. The van der Waals surface area contributed by atoms with Crippen LogP contribution < -0.4 is 10.2 Å². The Bertz CT molecular complexity index is 824. The number of hydroxylamine groups is 2. The number of nitrogens with one attached hydrogen (secondary N) is 1. The fourth-order valence-electron chi connectivity index (χ4n) is 4.84. The number of piperidine rings is 1. The molecule has 1 aliphatic heterocycles. The van der Waals surface area contributed by atoms with Crippen LogP contribution >= 0.6 is 11.6 Å². The number of anilines is 1. The van der Waals surface area contributed by atoms with E-state index in [1.165, 1.54) is 0 Å². The van der Waals surface area contributed by atoms with Crippen LogP contribution in [0.4, 0.5) is 10.2 Å². The van der Waals surface area contributed by atoms with E-state index in [1.54, 1.807) is 0 Å². The van der Waals surface area contributed by atoms with Crippen molar-refractivity contribution in [3.8, 4) is 0 Å². The first-order chi connectivity index (χ1) is 15.8. The monoisotopic (exact) mass is 484 g/mol. The summed E-state index contributed by atoms with van der Waals surface area (Å²) >= 11 is 6.10. The van der Waals surface area contributed by atoms with Crippen LogP contribution in [0.15, 0.2) is 0 Å². The summed E-state index contributed by atoms with van der Waals surface area (Å²) in [6.07, 6.45) is 7.08. The Labute approximate surface area is 199 Å². The predicted octanol–water partition coefficient (Wildman–Crippen LogP) is 2.46. The molecule has 2 N–H and O–H groups in total. The topological polar surface area (TPSA) is 102 Å². The summed E-state index contributed by atoms with van der Waals surface area (Å²) in [5.74, 6) is -1.02. The van der Waals surface area contributed by atoms with Gasteiger partial charge < -0.3 is 15.1 Å². The number of amides is 2. The van der Waals surface area contributed by atoms with Crippen LogP contribution in [0.1, 0.15) is 50.6 Å². The summed E-state index contributed by atoms with van der Waals surface area (Å²) in [7, 11) is 4.00. The highest BCUT2D eigenvalue weighted by Crippen LogP contribution is 2.31. The van der Waals surface area contributed by atoms with Crippen molar-refractivity contribution in [3.05, 3.63) is 16.8 Å². The molecule has 184 valence electrons. The van der Waals surface area contributed by atoms with Gasteiger partial charge in [-0.05, 0) is 50.9 Å². The van der Waals surface area contributed by atoms with Crippen molar-refractivity contribution in [2.45, 2.75) is 57.5 Å². The second-order valence-corrected chi connectivity index (χ2v) is 9.65. The fraction of sp³-hybridized carbons (Fsp3) is 0.727.